The number of phenols is 1. The molecule has 0 aliphatic rings. The van der Waals surface area contributed by atoms with Crippen molar-refractivity contribution in [2.45, 2.75) is 25.8 Å². The Balaban J connectivity index is 2.67. The molecular weight excluding hydrogens is 260 g/mol. The summed E-state index contributed by atoms with van der Waals surface area (Å²) in [7, 11) is 0. The molecule has 1 rings (SSSR count). The Morgan fingerprint density at radius 3 is 2.40 bits per heavy atom. The van der Waals surface area contributed by atoms with Crippen LogP contribution in [0.2, 0.25) is 0 Å². The van der Waals surface area contributed by atoms with Gasteiger partial charge in [-0.15, -0.1) is 0 Å². The number of hydrogen-bond acceptors (Lipinski definition) is 4. The first-order valence-corrected chi connectivity index (χ1v) is 6.45. The van der Waals surface area contributed by atoms with Gasteiger partial charge in [-0.2, -0.15) is 0 Å². The standard InChI is InChI=1S/C14H20N2O4/c1-9(6-7-15)13(18)16-12(14(19)20)8-10-2-4-11(17)5-3-10/h2-5,9,12,17H,6-8,15H2,1H3,(H,16,18)(H,19,20)/t9?,12-/m0/s1. The van der Waals surface area contributed by atoms with Gasteiger partial charge in [-0.1, -0.05) is 19.1 Å². The topological polar surface area (TPSA) is 113 Å². The maximum absolute atomic E-state index is 11.8. The summed E-state index contributed by atoms with van der Waals surface area (Å²) in [5.74, 6) is -1.61. The molecule has 6 nitrogen and oxygen atoms in total. The van der Waals surface area contributed by atoms with Gasteiger partial charge in [-0.05, 0) is 30.7 Å². The van der Waals surface area contributed by atoms with Crippen molar-refractivity contribution in [2.24, 2.45) is 11.7 Å². The van der Waals surface area contributed by atoms with Crippen LogP contribution in [0.25, 0.3) is 0 Å². The van der Waals surface area contributed by atoms with Crippen LogP contribution in [-0.2, 0) is 16.0 Å². The largest absolute Gasteiger partial charge is 0.508 e. The predicted molar refractivity (Wildman–Crippen MR) is 74.2 cm³/mol. The molecule has 0 saturated carbocycles. The number of carboxylic acid groups (broad SMARTS) is 1. The summed E-state index contributed by atoms with van der Waals surface area (Å²) >= 11 is 0. The zero-order valence-electron chi connectivity index (χ0n) is 11.4. The Hall–Kier alpha value is -2.08. The minimum atomic E-state index is -1.09. The van der Waals surface area contributed by atoms with E-state index < -0.39 is 12.0 Å². The highest BCUT2D eigenvalue weighted by atomic mass is 16.4. The summed E-state index contributed by atoms with van der Waals surface area (Å²) in [4.78, 5) is 23.0. The molecule has 0 aliphatic carbocycles. The van der Waals surface area contributed by atoms with Crippen LogP contribution in [0.1, 0.15) is 18.9 Å². The van der Waals surface area contributed by atoms with Gasteiger partial charge in [0, 0.05) is 12.3 Å². The van der Waals surface area contributed by atoms with Crippen molar-refractivity contribution in [3.05, 3.63) is 29.8 Å². The first-order valence-electron chi connectivity index (χ1n) is 6.45. The second-order valence-electron chi connectivity index (χ2n) is 4.75. The summed E-state index contributed by atoms with van der Waals surface area (Å²) in [5.41, 5.74) is 6.10. The van der Waals surface area contributed by atoms with Crippen molar-refractivity contribution in [1.29, 1.82) is 0 Å². The van der Waals surface area contributed by atoms with Crippen LogP contribution in [0.3, 0.4) is 0 Å². The molecule has 5 N–H and O–H groups in total. The third-order valence-corrected chi connectivity index (χ3v) is 3.04. The van der Waals surface area contributed by atoms with Gasteiger partial charge in [-0.25, -0.2) is 4.79 Å². The fraction of sp³-hybridized carbons (Fsp3) is 0.429. The van der Waals surface area contributed by atoms with Crippen LogP contribution in [0.4, 0.5) is 0 Å². The van der Waals surface area contributed by atoms with Crippen LogP contribution in [0.5, 0.6) is 5.75 Å². The smallest absolute Gasteiger partial charge is 0.326 e. The number of carbonyl (C=O) groups is 2. The first-order chi connectivity index (χ1) is 9.43. The van der Waals surface area contributed by atoms with E-state index in [9.17, 15) is 14.7 Å². The van der Waals surface area contributed by atoms with E-state index in [1.807, 2.05) is 0 Å². The van der Waals surface area contributed by atoms with E-state index in [4.69, 9.17) is 10.8 Å². The Morgan fingerprint density at radius 2 is 1.90 bits per heavy atom. The van der Waals surface area contributed by atoms with Gasteiger partial charge in [-0.3, -0.25) is 4.79 Å². The Morgan fingerprint density at radius 1 is 1.30 bits per heavy atom. The quantitative estimate of drug-likeness (QED) is 0.580. The van der Waals surface area contributed by atoms with E-state index in [-0.39, 0.29) is 24.0 Å². The molecule has 1 aromatic carbocycles. The fourth-order valence-corrected chi connectivity index (χ4v) is 1.76. The number of amides is 1. The lowest BCUT2D eigenvalue weighted by Gasteiger charge is -2.17. The highest BCUT2D eigenvalue weighted by molar-refractivity contribution is 5.84. The number of phenolic OH excluding ortho intramolecular Hbond substituents is 1. The highest BCUT2D eigenvalue weighted by Gasteiger charge is 2.22. The Kier molecular flexibility index (Phi) is 5.99. The van der Waals surface area contributed by atoms with E-state index in [0.717, 1.165) is 5.56 Å². The second kappa shape index (κ2) is 7.49. The maximum atomic E-state index is 11.8. The van der Waals surface area contributed by atoms with E-state index in [1.165, 1.54) is 12.1 Å². The van der Waals surface area contributed by atoms with Gasteiger partial charge < -0.3 is 21.3 Å². The van der Waals surface area contributed by atoms with Crippen LogP contribution in [0.15, 0.2) is 24.3 Å². The Bertz CT molecular complexity index is 459. The molecule has 0 spiro atoms. The number of rotatable bonds is 7. The molecule has 110 valence electrons. The van der Waals surface area contributed by atoms with Crippen LogP contribution in [-0.4, -0.2) is 34.7 Å². The molecule has 2 atom stereocenters. The highest BCUT2D eigenvalue weighted by Crippen LogP contribution is 2.12. The number of carboxylic acids is 1. The minimum Gasteiger partial charge on any atom is -0.508 e. The monoisotopic (exact) mass is 280 g/mol. The minimum absolute atomic E-state index is 0.112. The summed E-state index contributed by atoms with van der Waals surface area (Å²) in [6, 6.07) is 5.22. The average molecular weight is 280 g/mol. The number of hydrogen-bond donors (Lipinski definition) is 4. The molecule has 1 unspecified atom stereocenters. The lowest BCUT2D eigenvalue weighted by atomic mass is 10.0. The van der Waals surface area contributed by atoms with E-state index in [0.29, 0.717) is 13.0 Å². The molecule has 0 saturated heterocycles. The molecule has 0 fully saturated rings. The Labute approximate surface area is 117 Å². The summed E-state index contributed by atoms with van der Waals surface area (Å²) in [5, 5.41) is 20.8. The molecule has 1 amide bonds. The van der Waals surface area contributed by atoms with Crippen molar-refractivity contribution in [2.75, 3.05) is 6.54 Å². The predicted octanol–water partition coefficient (Wildman–Crippen LogP) is 0.489. The van der Waals surface area contributed by atoms with Gasteiger partial charge in [0.1, 0.15) is 11.8 Å². The summed E-state index contributed by atoms with van der Waals surface area (Å²) in [6.45, 7) is 2.09. The average Bonchev–Trinajstić information content (AvgIpc) is 2.40. The second-order valence-corrected chi connectivity index (χ2v) is 4.75. The molecule has 6 heteroatoms. The molecule has 0 aliphatic heterocycles. The lowest BCUT2D eigenvalue weighted by molar-refractivity contribution is -0.142. The zero-order chi connectivity index (χ0) is 15.1. The third-order valence-electron chi connectivity index (χ3n) is 3.04. The van der Waals surface area contributed by atoms with Gasteiger partial charge in [0.05, 0.1) is 0 Å². The van der Waals surface area contributed by atoms with Crippen molar-refractivity contribution in [1.82, 2.24) is 5.32 Å². The van der Waals surface area contributed by atoms with Crippen LogP contribution >= 0.6 is 0 Å². The summed E-state index contributed by atoms with van der Waals surface area (Å²) in [6.07, 6.45) is 0.675. The van der Waals surface area contributed by atoms with Crippen molar-refractivity contribution >= 4 is 11.9 Å². The van der Waals surface area contributed by atoms with Gasteiger partial charge in [0.2, 0.25) is 5.91 Å². The van der Waals surface area contributed by atoms with Crippen LogP contribution in [0, 0.1) is 5.92 Å². The maximum Gasteiger partial charge on any atom is 0.326 e. The number of nitrogens with two attached hydrogens (primary N) is 1. The molecule has 20 heavy (non-hydrogen) atoms. The molecule has 0 bridgehead atoms. The lowest BCUT2D eigenvalue weighted by Crippen LogP contribution is -2.44. The fourth-order valence-electron chi connectivity index (χ4n) is 1.76. The normalized spacial score (nSPS) is 13.5. The summed E-state index contributed by atoms with van der Waals surface area (Å²) < 4.78 is 0. The number of carbonyl (C=O) groups excluding carboxylic acids is 1. The molecule has 0 heterocycles. The molecule has 0 radical (unpaired) electrons. The van der Waals surface area contributed by atoms with Gasteiger partial charge in [0.15, 0.2) is 0 Å². The SMILES string of the molecule is CC(CCN)C(=O)N[C@@H](Cc1ccc(O)cc1)C(=O)O. The van der Waals surface area contributed by atoms with Crippen molar-refractivity contribution < 1.29 is 19.8 Å². The van der Waals surface area contributed by atoms with Crippen LogP contribution < -0.4 is 11.1 Å². The number of nitrogens with one attached hydrogen (secondary N) is 1. The van der Waals surface area contributed by atoms with E-state index in [1.54, 1.807) is 19.1 Å². The van der Waals surface area contributed by atoms with E-state index >= 15 is 0 Å². The van der Waals surface area contributed by atoms with E-state index in [2.05, 4.69) is 5.32 Å². The van der Waals surface area contributed by atoms with Gasteiger partial charge >= 0.3 is 5.97 Å². The molecular formula is C14H20N2O4. The number of aromatic hydroxyl groups is 1. The first kappa shape index (κ1) is 16.0. The zero-order valence-corrected chi connectivity index (χ0v) is 11.4. The van der Waals surface area contributed by atoms with Crippen molar-refractivity contribution in [3.8, 4) is 5.75 Å². The van der Waals surface area contributed by atoms with Gasteiger partial charge in [0.25, 0.3) is 0 Å². The number of benzene rings is 1. The number of aliphatic carboxylic acids is 1. The third kappa shape index (κ3) is 4.89. The molecule has 1 aromatic rings. The van der Waals surface area contributed by atoms with Crippen molar-refractivity contribution in [3.63, 3.8) is 0 Å². The molecule has 0 aromatic heterocycles.